The fourth-order valence-electron chi connectivity index (χ4n) is 4.38. The molecule has 1 aromatic carbocycles. The maximum absolute atomic E-state index is 13.1. The Morgan fingerprint density at radius 2 is 1.85 bits per heavy atom. The molecule has 186 valence electrons. The lowest BCUT2D eigenvalue weighted by Gasteiger charge is -2.43. The van der Waals surface area contributed by atoms with Crippen LogP contribution in [-0.4, -0.2) is 84.1 Å². The van der Waals surface area contributed by atoms with Gasteiger partial charge in [0, 0.05) is 50.5 Å². The molecule has 0 aliphatic carbocycles. The summed E-state index contributed by atoms with van der Waals surface area (Å²) in [5, 5.41) is 5.97. The molecule has 0 unspecified atom stereocenters. The smallest absolute Gasteiger partial charge is 0.338 e. The molecule has 9 nitrogen and oxygen atoms in total. The van der Waals surface area contributed by atoms with Gasteiger partial charge < -0.3 is 20.3 Å². The quantitative estimate of drug-likeness (QED) is 0.644. The number of benzene rings is 1. The molecule has 2 atom stereocenters. The van der Waals surface area contributed by atoms with Crippen molar-refractivity contribution in [2.75, 3.05) is 39.8 Å². The highest BCUT2D eigenvalue weighted by molar-refractivity contribution is 5.95. The number of nitrogens with one attached hydrogen (secondary N) is 2. The van der Waals surface area contributed by atoms with Crippen LogP contribution >= 0.6 is 0 Å². The molecule has 3 rings (SSSR count). The van der Waals surface area contributed by atoms with Gasteiger partial charge in [-0.05, 0) is 40.2 Å². The van der Waals surface area contributed by atoms with Crippen LogP contribution in [0.25, 0.3) is 0 Å². The van der Waals surface area contributed by atoms with Crippen molar-refractivity contribution in [1.82, 2.24) is 25.3 Å². The van der Waals surface area contributed by atoms with Gasteiger partial charge in [0.05, 0.1) is 18.2 Å². The van der Waals surface area contributed by atoms with Gasteiger partial charge in [0.15, 0.2) is 0 Å². The van der Waals surface area contributed by atoms with Crippen LogP contribution in [0.2, 0.25) is 0 Å². The minimum Gasteiger partial charge on any atom is -0.463 e. The Morgan fingerprint density at radius 3 is 2.44 bits per heavy atom. The van der Waals surface area contributed by atoms with Crippen LogP contribution in [0.1, 0.15) is 46.2 Å². The Kier molecular flexibility index (Phi) is 7.86. The second-order valence-corrected chi connectivity index (χ2v) is 9.89. The van der Waals surface area contributed by atoms with Crippen molar-refractivity contribution < 1.29 is 19.1 Å². The van der Waals surface area contributed by atoms with E-state index in [9.17, 15) is 14.4 Å². The van der Waals surface area contributed by atoms with E-state index >= 15 is 0 Å². The first-order valence-corrected chi connectivity index (χ1v) is 11.8. The normalized spacial score (nSPS) is 21.9. The van der Waals surface area contributed by atoms with E-state index in [0.717, 1.165) is 5.56 Å². The maximum atomic E-state index is 13.1. The lowest BCUT2D eigenvalue weighted by Crippen LogP contribution is -2.59. The molecular weight excluding hydrogens is 434 g/mol. The first-order chi connectivity index (χ1) is 16.0. The van der Waals surface area contributed by atoms with E-state index in [1.165, 1.54) is 4.90 Å². The maximum Gasteiger partial charge on any atom is 0.338 e. The number of carbonyl (C=O) groups is 3. The zero-order valence-corrected chi connectivity index (χ0v) is 21.1. The van der Waals surface area contributed by atoms with Crippen molar-refractivity contribution >= 4 is 18.0 Å². The number of hydrogen-bond acceptors (Lipinski definition) is 5. The first kappa shape index (κ1) is 25.6. The number of nitrogens with zero attached hydrogens (tertiary/aromatic N) is 3. The summed E-state index contributed by atoms with van der Waals surface area (Å²) in [4.78, 5) is 44.1. The third kappa shape index (κ3) is 5.88. The van der Waals surface area contributed by atoms with Crippen LogP contribution in [0, 0.1) is 0 Å². The van der Waals surface area contributed by atoms with E-state index in [1.807, 2.05) is 62.9 Å². The van der Waals surface area contributed by atoms with E-state index in [-0.39, 0.29) is 30.2 Å². The Morgan fingerprint density at radius 1 is 1.18 bits per heavy atom. The lowest BCUT2D eigenvalue weighted by molar-refractivity contribution is -0.139. The largest absolute Gasteiger partial charge is 0.463 e. The molecule has 1 saturated heterocycles. The number of rotatable bonds is 5. The number of ether oxygens (including phenoxy) is 1. The second-order valence-electron chi connectivity index (χ2n) is 9.89. The zero-order valence-electron chi connectivity index (χ0n) is 21.1. The number of carbonyl (C=O) groups excluding carboxylic acids is 3. The molecule has 2 N–H and O–H groups in total. The van der Waals surface area contributed by atoms with Crippen molar-refractivity contribution in [3.05, 3.63) is 47.2 Å². The topological polar surface area (TPSA) is 94.2 Å². The van der Waals surface area contributed by atoms with Gasteiger partial charge >= 0.3 is 18.0 Å². The minimum atomic E-state index is -0.588. The third-order valence-corrected chi connectivity index (χ3v) is 6.03. The van der Waals surface area contributed by atoms with E-state index in [1.54, 1.807) is 14.0 Å². The fourth-order valence-corrected chi connectivity index (χ4v) is 4.38. The standard InChI is InChI=1S/C25H37N5O4/c1-7-34-22(31)20-19(28(6)23(32)26-21(20)18-11-9-8-10-12-18)16-29-13-14-30(17(2)15-29)24(33)27-25(3,4)5/h8-12,17,21H,7,13-16H2,1-6H3,(H,26,32)(H,27,33)/t17-,21+/m1/s1. The van der Waals surface area contributed by atoms with Gasteiger partial charge in [-0.15, -0.1) is 0 Å². The van der Waals surface area contributed by atoms with Crippen LogP contribution in [0.4, 0.5) is 9.59 Å². The summed E-state index contributed by atoms with van der Waals surface area (Å²) in [6.45, 7) is 12.1. The van der Waals surface area contributed by atoms with Crippen LogP contribution in [0.3, 0.4) is 0 Å². The molecule has 0 radical (unpaired) electrons. The number of piperazine rings is 1. The van der Waals surface area contributed by atoms with Crippen molar-refractivity contribution in [1.29, 1.82) is 0 Å². The van der Waals surface area contributed by atoms with Gasteiger partial charge in [-0.2, -0.15) is 0 Å². The number of urea groups is 2. The summed E-state index contributed by atoms with van der Waals surface area (Å²) in [5.41, 5.74) is 1.57. The molecule has 0 spiro atoms. The molecule has 0 bridgehead atoms. The Balaban J connectivity index is 1.87. The van der Waals surface area contributed by atoms with Gasteiger partial charge in [-0.1, -0.05) is 30.3 Å². The summed E-state index contributed by atoms with van der Waals surface area (Å²) in [5.74, 6) is -0.436. The Bertz CT molecular complexity index is 940. The molecule has 2 aliphatic heterocycles. The van der Waals surface area contributed by atoms with Crippen molar-refractivity contribution in [2.24, 2.45) is 0 Å². The fraction of sp³-hybridized carbons (Fsp3) is 0.560. The van der Waals surface area contributed by atoms with Crippen molar-refractivity contribution in [3.8, 4) is 0 Å². The van der Waals surface area contributed by atoms with Crippen LogP contribution in [-0.2, 0) is 9.53 Å². The summed E-state index contributed by atoms with van der Waals surface area (Å²) >= 11 is 0. The average Bonchev–Trinajstić information content (AvgIpc) is 2.76. The van der Waals surface area contributed by atoms with E-state index in [4.69, 9.17) is 4.74 Å². The molecule has 0 aromatic heterocycles. The lowest BCUT2D eigenvalue weighted by atomic mass is 9.94. The van der Waals surface area contributed by atoms with Gasteiger partial charge in [-0.25, -0.2) is 14.4 Å². The predicted molar refractivity (Wildman–Crippen MR) is 130 cm³/mol. The molecule has 0 saturated carbocycles. The van der Waals surface area contributed by atoms with E-state index in [2.05, 4.69) is 15.5 Å². The Labute approximate surface area is 202 Å². The number of esters is 1. The molecule has 34 heavy (non-hydrogen) atoms. The first-order valence-electron chi connectivity index (χ1n) is 11.8. The van der Waals surface area contributed by atoms with Gasteiger partial charge in [0.2, 0.25) is 0 Å². The summed E-state index contributed by atoms with van der Waals surface area (Å²) < 4.78 is 5.40. The molecular formula is C25H37N5O4. The minimum absolute atomic E-state index is 0.0182. The highest BCUT2D eigenvalue weighted by Crippen LogP contribution is 2.31. The van der Waals surface area contributed by atoms with Crippen molar-refractivity contribution in [2.45, 2.75) is 52.2 Å². The molecule has 1 aromatic rings. The highest BCUT2D eigenvalue weighted by Gasteiger charge is 2.38. The summed E-state index contributed by atoms with van der Waals surface area (Å²) in [6, 6.07) is 8.48. The second kappa shape index (κ2) is 10.5. The molecule has 2 aliphatic rings. The number of amides is 4. The number of hydrogen-bond donors (Lipinski definition) is 2. The van der Waals surface area contributed by atoms with Crippen LogP contribution in [0.5, 0.6) is 0 Å². The Hall–Kier alpha value is -3.07. The number of likely N-dealkylation sites (N-methyl/N-ethyl adjacent to an activating group) is 1. The molecule has 4 amide bonds. The average molecular weight is 472 g/mol. The molecule has 9 heteroatoms. The third-order valence-electron chi connectivity index (χ3n) is 6.03. The summed E-state index contributed by atoms with van der Waals surface area (Å²) in [7, 11) is 1.67. The van der Waals surface area contributed by atoms with E-state index < -0.39 is 12.0 Å². The molecule has 2 heterocycles. The SMILES string of the molecule is CCOC(=O)C1=C(CN2CCN(C(=O)NC(C)(C)C)[C@H](C)C2)N(C)C(=O)N[C@H]1c1ccccc1. The van der Waals surface area contributed by atoms with Crippen LogP contribution < -0.4 is 10.6 Å². The molecule has 1 fully saturated rings. The predicted octanol–water partition coefficient (Wildman–Crippen LogP) is 2.71. The van der Waals surface area contributed by atoms with E-state index in [0.29, 0.717) is 37.4 Å². The monoisotopic (exact) mass is 471 g/mol. The highest BCUT2D eigenvalue weighted by atomic mass is 16.5. The van der Waals surface area contributed by atoms with Gasteiger partial charge in [0.25, 0.3) is 0 Å². The van der Waals surface area contributed by atoms with Crippen LogP contribution in [0.15, 0.2) is 41.6 Å². The van der Waals surface area contributed by atoms with Gasteiger partial charge in [-0.3, -0.25) is 9.80 Å². The van der Waals surface area contributed by atoms with Crippen molar-refractivity contribution in [3.63, 3.8) is 0 Å². The summed E-state index contributed by atoms with van der Waals surface area (Å²) in [6.07, 6.45) is 0. The van der Waals surface area contributed by atoms with Gasteiger partial charge in [0.1, 0.15) is 0 Å². The zero-order chi connectivity index (χ0) is 25.0.